The van der Waals surface area contributed by atoms with Gasteiger partial charge in [0.25, 0.3) is 5.56 Å². The maximum atomic E-state index is 13.8. The molecule has 1 aliphatic rings. The number of halogens is 1. The van der Waals surface area contributed by atoms with Gasteiger partial charge in [-0.05, 0) is 69.2 Å². The van der Waals surface area contributed by atoms with E-state index in [1.54, 1.807) is 44.2 Å². The van der Waals surface area contributed by atoms with Crippen LogP contribution in [0.1, 0.15) is 44.9 Å². The minimum absolute atomic E-state index is 0.0771. The van der Waals surface area contributed by atoms with Crippen LogP contribution in [0.25, 0.3) is 6.08 Å². The molecule has 0 radical (unpaired) electrons. The van der Waals surface area contributed by atoms with Gasteiger partial charge in [0.15, 0.2) is 27.8 Å². The fourth-order valence-electron chi connectivity index (χ4n) is 4.30. The molecule has 2 heterocycles. The maximum Gasteiger partial charge on any atom is 0.338 e. The van der Waals surface area contributed by atoms with Crippen molar-refractivity contribution in [3.05, 3.63) is 77.4 Å². The summed E-state index contributed by atoms with van der Waals surface area (Å²) >= 11 is 7.33. The van der Waals surface area contributed by atoms with Crippen LogP contribution in [0, 0.1) is 0 Å². The fourth-order valence-corrected chi connectivity index (χ4v) is 5.56. The number of nitrogens with zero attached hydrogens (tertiary/aromatic N) is 2. The van der Waals surface area contributed by atoms with Crippen molar-refractivity contribution in [1.82, 2.24) is 4.57 Å². The minimum Gasteiger partial charge on any atom is -0.503 e. The number of phenolic OH excluding ortho intramolecular Hbond substituents is 1. The summed E-state index contributed by atoms with van der Waals surface area (Å²) in [7, 11) is 2.94. The van der Waals surface area contributed by atoms with E-state index in [1.165, 1.54) is 36.2 Å². The fraction of sp³-hybridized carbons (Fsp3) is 0.321. The molecule has 0 bridgehead atoms. The molecule has 3 aromatic rings. The van der Waals surface area contributed by atoms with E-state index in [0.717, 1.165) is 0 Å². The van der Waals surface area contributed by atoms with Crippen molar-refractivity contribution in [2.45, 2.75) is 39.8 Å². The lowest BCUT2D eigenvalue weighted by Gasteiger charge is -2.25. The van der Waals surface area contributed by atoms with Gasteiger partial charge in [0.1, 0.15) is 0 Å². The molecule has 0 saturated heterocycles. The summed E-state index contributed by atoms with van der Waals surface area (Å²) in [6.07, 6.45) is 1.56. The number of ether oxygens (including phenoxy) is 4. The van der Waals surface area contributed by atoms with Crippen LogP contribution in [0.5, 0.6) is 23.0 Å². The predicted molar refractivity (Wildman–Crippen MR) is 149 cm³/mol. The number of carbonyl (C=O) groups is 1. The molecule has 1 aliphatic heterocycles. The number of rotatable bonds is 8. The number of allylic oxidation sites excluding steroid dienone is 1. The average molecular weight is 573 g/mol. The Morgan fingerprint density at radius 1 is 1.18 bits per heavy atom. The van der Waals surface area contributed by atoms with Gasteiger partial charge in [0, 0.05) is 0 Å². The van der Waals surface area contributed by atoms with Crippen LogP contribution < -0.4 is 29.1 Å². The second-order valence-electron chi connectivity index (χ2n) is 8.93. The first-order valence-corrected chi connectivity index (χ1v) is 13.4. The van der Waals surface area contributed by atoms with Crippen LogP contribution in [0.3, 0.4) is 0 Å². The third-order valence-electron chi connectivity index (χ3n) is 5.95. The Morgan fingerprint density at radius 2 is 1.90 bits per heavy atom. The van der Waals surface area contributed by atoms with E-state index in [9.17, 15) is 14.7 Å². The Kier molecular flexibility index (Phi) is 8.36. The third-order valence-corrected chi connectivity index (χ3v) is 7.22. The molecule has 9 nitrogen and oxygen atoms in total. The lowest BCUT2D eigenvalue weighted by atomic mass is 9.95. The molecule has 0 unspecified atom stereocenters. The van der Waals surface area contributed by atoms with Crippen LogP contribution in [-0.2, 0) is 9.53 Å². The Balaban J connectivity index is 1.95. The normalized spacial score (nSPS) is 15.2. The second-order valence-corrected chi connectivity index (χ2v) is 10.3. The number of benzene rings is 2. The zero-order valence-corrected chi connectivity index (χ0v) is 24.0. The lowest BCUT2D eigenvalue weighted by molar-refractivity contribution is -0.139. The van der Waals surface area contributed by atoms with Crippen molar-refractivity contribution >= 4 is 35.0 Å². The molecule has 206 valence electrons. The molecule has 1 atom stereocenters. The quantitative estimate of drug-likeness (QED) is 0.407. The summed E-state index contributed by atoms with van der Waals surface area (Å²) < 4.78 is 23.8. The number of thiazole rings is 1. The first-order chi connectivity index (χ1) is 18.6. The van der Waals surface area contributed by atoms with E-state index in [0.29, 0.717) is 37.7 Å². The van der Waals surface area contributed by atoms with Gasteiger partial charge in [0.05, 0.1) is 53.8 Å². The van der Waals surface area contributed by atoms with E-state index in [2.05, 4.69) is 4.99 Å². The third kappa shape index (κ3) is 5.53. The number of fused-ring (bicyclic) bond motifs is 1. The second kappa shape index (κ2) is 11.5. The molecule has 4 rings (SSSR count). The average Bonchev–Trinajstić information content (AvgIpc) is 3.19. The molecule has 0 fully saturated rings. The van der Waals surface area contributed by atoms with E-state index >= 15 is 0 Å². The van der Waals surface area contributed by atoms with Gasteiger partial charge in [-0.15, -0.1) is 0 Å². The standard InChI is InChI=1S/C28H29ClN2O7S/c1-7-37-27(34)23-15(4)30-28-31(24(23)17-8-9-19(38-14(2)3)20(13-17)35-5)26(33)22(39-28)12-16-10-18(29)25(32)21(11-16)36-6/h8-14,24,32H,7H2,1-6H3/b22-12-/t24-/m0/s1. The highest BCUT2D eigenvalue weighted by Gasteiger charge is 2.34. The van der Waals surface area contributed by atoms with Crippen LogP contribution in [0.4, 0.5) is 0 Å². The summed E-state index contributed by atoms with van der Waals surface area (Å²) in [4.78, 5) is 32.0. The number of hydrogen-bond donors (Lipinski definition) is 1. The van der Waals surface area contributed by atoms with Crippen molar-refractivity contribution in [2.24, 2.45) is 4.99 Å². The minimum atomic E-state index is -0.817. The largest absolute Gasteiger partial charge is 0.503 e. The molecule has 0 spiro atoms. The highest BCUT2D eigenvalue weighted by molar-refractivity contribution is 7.07. The molecule has 0 aliphatic carbocycles. The van der Waals surface area contributed by atoms with Gasteiger partial charge in [0.2, 0.25) is 0 Å². The lowest BCUT2D eigenvalue weighted by Crippen LogP contribution is -2.40. The summed E-state index contributed by atoms with van der Waals surface area (Å²) in [6, 6.07) is 7.59. The van der Waals surface area contributed by atoms with Crippen molar-refractivity contribution in [3.8, 4) is 23.0 Å². The van der Waals surface area contributed by atoms with Crippen LogP contribution in [0.15, 0.2) is 51.4 Å². The maximum absolute atomic E-state index is 13.8. The Bertz CT molecular complexity index is 1640. The molecule has 0 amide bonds. The monoisotopic (exact) mass is 572 g/mol. The summed E-state index contributed by atoms with van der Waals surface area (Å²) in [5.74, 6) is 0.434. The summed E-state index contributed by atoms with van der Waals surface area (Å²) in [6.45, 7) is 7.42. The van der Waals surface area contributed by atoms with E-state index < -0.39 is 12.0 Å². The van der Waals surface area contributed by atoms with Crippen molar-refractivity contribution in [2.75, 3.05) is 20.8 Å². The number of aromatic nitrogens is 1. The van der Waals surface area contributed by atoms with E-state index in [1.807, 2.05) is 13.8 Å². The molecule has 0 saturated carbocycles. The van der Waals surface area contributed by atoms with Gasteiger partial charge in [-0.2, -0.15) is 0 Å². The van der Waals surface area contributed by atoms with Crippen molar-refractivity contribution in [3.63, 3.8) is 0 Å². The first-order valence-electron chi connectivity index (χ1n) is 12.2. The predicted octanol–water partition coefficient (Wildman–Crippen LogP) is 3.96. The number of carbonyl (C=O) groups excluding carboxylic acids is 1. The molecular weight excluding hydrogens is 544 g/mol. The summed E-state index contributed by atoms with van der Waals surface area (Å²) in [5.41, 5.74) is 1.52. The molecule has 11 heteroatoms. The smallest absolute Gasteiger partial charge is 0.338 e. The van der Waals surface area contributed by atoms with Gasteiger partial charge in [-0.3, -0.25) is 9.36 Å². The SMILES string of the molecule is CCOC(=O)C1=C(C)N=c2s/c(=C\c3cc(Cl)c(O)c(OC)c3)c(=O)n2[C@H]1c1ccc(OC(C)C)c(OC)c1. The van der Waals surface area contributed by atoms with Gasteiger partial charge >= 0.3 is 5.97 Å². The van der Waals surface area contributed by atoms with Crippen molar-refractivity contribution < 1.29 is 28.8 Å². The highest BCUT2D eigenvalue weighted by atomic mass is 35.5. The van der Waals surface area contributed by atoms with Gasteiger partial charge in [-0.1, -0.05) is 29.0 Å². The van der Waals surface area contributed by atoms with Crippen LogP contribution in [0.2, 0.25) is 5.02 Å². The zero-order valence-electron chi connectivity index (χ0n) is 22.4. The Hall–Kier alpha value is -3.76. The molecule has 1 N–H and O–H groups in total. The first kappa shape index (κ1) is 28.3. The molecule has 39 heavy (non-hydrogen) atoms. The molecular formula is C28H29ClN2O7S. The number of aromatic hydroxyl groups is 1. The van der Waals surface area contributed by atoms with Crippen molar-refractivity contribution in [1.29, 1.82) is 0 Å². The van der Waals surface area contributed by atoms with E-state index in [-0.39, 0.29) is 40.4 Å². The zero-order chi connectivity index (χ0) is 28.4. The Labute approximate surface area is 234 Å². The number of hydrogen-bond acceptors (Lipinski definition) is 9. The number of esters is 1. The number of phenols is 1. The Morgan fingerprint density at radius 3 is 2.54 bits per heavy atom. The topological polar surface area (TPSA) is 109 Å². The van der Waals surface area contributed by atoms with E-state index in [4.69, 9.17) is 30.5 Å². The van der Waals surface area contributed by atoms with Gasteiger partial charge < -0.3 is 24.1 Å². The molecule has 2 aromatic carbocycles. The van der Waals surface area contributed by atoms with Gasteiger partial charge in [-0.25, -0.2) is 9.79 Å². The highest BCUT2D eigenvalue weighted by Crippen LogP contribution is 2.37. The summed E-state index contributed by atoms with van der Waals surface area (Å²) in [5, 5.41) is 10.2. The van der Waals surface area contributed by atoms with Crippen LogP contribution in [-0.4, -0.2) is 42.6 Å². The van der Waals surface area contributed by atoms with Crippen LogP contribution >= 0.6 is 22.9 Å². The molecule has 1 aromatic heterocycles. The number of methoxy groups -OCH3 is 2.